The summed E-state index contributed by atoms with van der Waals surface area (Å²) in [4.78, 5) is 0. The van der Waals surface area contributed by atoms with E-state index in [2.05, 4.69) is 5.10 Å². The first-order valence-electron chi connectivity index (χ1n) is 6.72. The number of hydrogen-bond acceptors (Lipinski definition) is 4. The highest BCUT2D eigenvalue weighted by Gasteiger charge is 2.25. The monoisotopic (exact) mass is 273 g/mol. The quantitative estimate of drug-likeness (QED) is 0.931. The summed E-state index contributed by atoms with van der Waals surface area (Å²) >= 11 is 0. The molecule has 5 heteroatoms. The standard InChI is InChI=1S/C15H19N3O2/c1-18-14(16)8-12(17-18)11-7-13(19-2)9-5-4-6-10(9)15(11)20-3/h7-8H,4-6,16H2,1-3H3. The number of fused-ring (bicyclic) bond motifs is 1. The summed E-state index contributed by atoms with van der Waals surface area (Å²) in [5.74, 6) is 2.44. The average Bonchev–Trinajstić information content (AvgIpc) is 3.04. The van der Waals surface area contributed by atoms with Gasteiger partial charge in [-0.25, -0.2) is 0 Å². The largest absolute Gasteiger partial charge is 0.496 e. The summed E-state index contributed by atoms with van der Waals surface area (Å²) in [6.07, 6.45) is 3.19. The first-order chi connectivity index (χ1) is 9.65. The number of ether oxygens (including phenoxy) is 2. The van der Waals surface area contributed by atoms with Gasteiger partial charge in [-0.05, 0) is 25.3 Å². The van der Waals surface area contributed by atoms with Crippen molar-refractivity contribution < 1.29 is 9.47 Å². The SMILES string of the molecule is COc1cc(-c2cc(N)n(C)n2)c(OC)c2c1CCC2. The number of aryl methyl sites for hydroxylation is 1. The molecule has 0 fully saturated rings. The van der Waals surface area contributed by atoms with Crippen LogP contribution in [0.3, 0.4) is 0 Å². The summed E-state index contributed by atoms with van der Waals surface area (Å²) in [6.45, 7) is 0. The second-order valence-corrected chi connectivity index (χ2v) is 5.05. The number of nitrogen functional groups attached to an aromatic ring is 1. The van der Waals surface area contributed by atoms with Crippen LogP contribution in [0.15, 0.2) is 12.1 Å². The molecule has 0 unspecified atom stereocenters. The zero-order valence-corrected chi connectivity index (χ0v) is 12.1. The van der Waals surface area contributed by atoms with E-state index >= 15 is 0 Å². The van der Waals surface area contributed by atoms with E-state index in [1.807, 2.05) is 19.2 Å². The molecule has 1 aliphatic carbocycles. The first-order valence-corrected chi connectivity index (χ1v) is 6.72. The van der Waals surface area contributed by atoms with Crippen LogP contribution in [0.2, 0.25) is 0 Å². The van der Waals surface area contributed by atoms with Crippen molar-refractivity contribution in [1.29, 1.82) is 0 Å². The van der Waals surface area contributed by atoms with E-state index in [-0.39, 0.29) is 0 Å². The Kier molecular flexibility index (Phi) is 3.04. The minimum Gasteiger partial charge on any atom is -0.496 e. The third-order valence-electron chi connectivity index (χ3n) is 3.93. The van der Waals surface area contributed by atoms with E-state index in [4.69, 9.17) is 15.2 Å². The lowest BCUT2D eigenvalue weighted by molar-refractivity contribution is 0.399. The number of nitrogens with zero attached hydrogens (tertiary/aromatic N) is 2. The third kappa shape index (κ3) is 1.81. The molecule has 0 spiro atoms. The fraction of sp³-hybridized carbons (Fsp3) is 0.400. The highest BCUT2D eigenvalue weighted by Crippen LogP contribution is 2.43. The number of benzene rings is 1. The summed E-state index contributed by atoms with van der Waals surface area (Å²) in [5.41, 5.74) is 10.1. The normalized spacial score (nSPS) is 13.3. The molecule has 0 amide bonds. The molecule has 0 aliphatic heterocycles. The Morgan fingerprint density at radius 1 is 1.15 bits per heavy atom. The van der Waals surface area contributed by atoms with Gasteiger partial charge in [0.1, 0.15) is 17.3 Å². The molecule has 106 valence electrons. The predicted molar refractivity (Wildman–Crippen MR) is 78.2 cm³/mol. The van der Waals surface area contributed by atoms with Crippen LogP contribution < -0.4 is 15.2 Å². The van der Waals surface area contributed by atoms with Crippen LogP contribution >= 0.6 is 0 Å². The van der Waals surface area contributed by atoms with Crippen molar-refractivity contribution in [3.63, 3.8) is 0 Å². The molecule has 1 aliphatic rings. The number of aromatic nitrogens is 2. The minimum absolute atomic E-state index is 0.626. The second-order valence-electron chi connectivity index (χ2n) is 5.05. The minimum atomic E-state index is 0.626. The van der Waals surface area contributed by atoms with Gasteiger partial charge in [-0.3, -0.25) is 4.68 Å². The molecule has 2 N–H and O–H groups in total. The maximum Gasteiger partial charge on any atom is 0.132 e. The fourth-order valence-electron chi connectivity index (χ4n) is 2.93. The Labute approximate surface area is 118 Å². The van der Waals surface area contributed by atoms with Crippen molar-refractivity contribution in [2.75, 3.05) is 20.0 Å². The van der Waals surface area contributed by atoms with Crippen molar-refractivity contribution in [3.8, 4) is 22.8 Å². The molecular formula is C15H19N3O2. The highest BCUT2D eigenvalue weighted by atomic mass is 16.5. The molecule has 0 bridgehead atoms. The van der Waals surface area contributed by atoms with Crippen LogP contribution in [-0.2, 0) is 19.9 Å². The Morgan fingerprint density at radius 2 is 1.90 bits per heavy atom. The van der Waals surface area contributed by atoms with Crippen molar-refractivity contribution >= 4 is 5.82 Å². The van der Waals surface area contributed by atoms with Crippen LogP contribution in [-0.4, -0.2) is 24.0 Å². The fourth-order valence-corrected chi connectivity index (χ4v) is 2.93. The van der Waals surface area contributed by atoms with Crippen molar-refractivity contribution in [2.24, 2.45) is 7.05 Å². The summed E-state index contributed by atoms with van der Waals surface area (Å²) in [5, 5.41) is 4.45. The molecule has 0 saturated heterocycles. The molecule has 5 nitrogen and oxygen atoms in total. The smallest absolute Gasteiger partial charge is 0.132 e. The Morgan fingerprint density at radius 3 is 2.50 bits per heavy atom. The van der Waals surface area contributed by atoms with E-state index in [9.17, 15) is 0 Å². The lowest BCUT2D eigenvalue weighted by Crippen LogP contribution is -1.99. The van der Waals surface area contributed by atoms with E-state index in [0.717, 1.165) is 42.0 Å². The van der Waals surface area contributed by atoms with Gasteiger partial charge in [0, 0.05) is 29.8 Å². The second kappa shape index (κ2) is 4.74. The van der Waals surface area contributed by atoms with Crippen LogP contribution in [0.4, 0.5) is 5.82 Å². The van der Waals surface area contributed by atoms with Crippen molar-refractivity contribution in [3.05, 3.63) is 23.3 Å². The van der Waals surface area contributed by atoms with Crippen LogP contribution in [0, 0.1) is 0 Å². The summed E-state index contributed by atoms with van der Waals surface area (Å²) < 4.78 is 12.8. The number of methoxy groups -OCH3 is 2. The van der Waals surface area contributed by atoms with Crippen LogP contribution in [0.1, 0.15) is 17.5 Å². The molecule has 2 aromatic rings. The van der Waals surface area contributed by atoms with E-state index in [1.165, 1.54) is 11.1 Å². The van der Waals surface area contributed by atoms with Gasteiger partial charge in [0.25, 0.3) is 0 Å². The Hall–Kier alpha value is -2.17. The summed E-state index contributed by atoms with van der Waals surface area (Å²) in [6, 6.07) is 3.86. The number of hydrogen-bond donors (Lipinski definition) is 1. The summed E-state index contributed by atoms with van der Waals surface area (Å²) in [7, 11) is 5.24. The molecule has 0 atom stereocenters. The van der Waals surface area contributed by atoms with Gasteiger partial charge in [0.2, 0.25) is 0 Å². The number of nitrogens with two attached hydrogens (primary N) is 1. The average molecular weight is 273 g/mol. The van der Waals surface area contributed by atoms with Crippen LogP contribution in [0.5, 0.6) is 11.5 Å². The van der Waals surface area contributed by atoms with Crippen molar-refractivity contribution in [2.45, 2.75) is 19.3 Å². The maximum absolute atomic E-state index is 5.88. The Bertz CT molecular complexity index is 642. The van der Waals surface area contributed by atoms with E-state index in [1.54, 1.807) is 18.9 Å². The highest BCUT2D eigenvalue weighted by molar-refractivity contribution is 5.75. The van der Waals surface area contributed by atoms with Crippen LogP contribution in [0.25, 0.3) is 11.3 Å². The Balaban J connectivity index is 2.24. The molecule has 3 rings (SSSR count). The maximum atomic E-state index is 5.88. The molecule has 1 aromatic heterocycles. The van der Waals surface area contributed by atoms with Gasteiger partial charge in [-0.1, -0.05) is 0 Å². The molecule has 0 radical (unpaired) electrons. The van der Waals surface area contributed by atoms with Gasteiger partial charge >= 0.3 is 0 Å². The molecule has 1 heterocycles. The van der Waals surface area contributed by atoms with Crippen molar-refractivity contribution in [1.82, 2.24) is 9.78 Å². The van der Waals surface area contributed by atoms with Gasteiger partial charge in [-0.2, -0.15) is 5.10 Å². The zero-order valence-electron chi connectivity index (χ0n) is 12.1. The van der Waals surface area contributed by atoms with E-state index in [0.29, 0.717) is 5.82 Å². The third-order valence-corrected chi connectivity index (χ3v) is 3.93. The van der Waals surface area contributed by atoms with Gasteiger partial charge in [0.05, 0.1) is 19.9 Å². The topological polar surface area (TPSA) is 62.3 Å². The molecule has 20 heavy (non-hydrogen) atoms. The number of anilines is 1. The lowest BCUT2D eigenvalue weighted by atomic mass is 10.0. The molecule has 0 saturated carbocycles. The van der Waals surface area contributed by atoms with Gasteiger partial charge < -0.3 is 15.2 Å². The molecule has 1 aromatic carbocycles. The zero-order chi connectivity index (χ0) is 14.3. The van der Waals surface area contributed by atoms with E-state index < -0.39 is 0 Å². The first kappa shape index (κ1) is 12.8. The molecular weight excluding hydrogens is 254 g/mol. The lowest BCUT2D eigenvalue weighted by Gasteiger charge is -2.15. The van der Waals surface area contributed by atoms with Gasteiger partial charge in [0.15, 0.2) is 0 Å². The predicted octanol–water partition coefficient (Wildman–Crippen LogP) is 2.18. The number of rotatable bonds is 3. The van der Waals surface area contributed by atoms with Gasteiger partial charge in [-0.15, -0.1) is 0 Å².